The minimum Gasteiger partial charge on any atom is -0.457 e. The third-order valence-corrected chi connectivity index (χ3v) is 9.59. The van der Waals surface area contributed by atoms with E-state index < -0.39 is 43.9 Å². The number of rotatable bonds is 12. The molecule has 0 radical (unpaired) electrons. The average molecular weight is 578 g/mol. The highest BCUT2D eigenvalue weighted by Crippen LogP contribution is 2.48. The zero-order valence-corrected chi connectivity index (χ0v) is 24.4. The molecule has 0 aliphatic heterocycles. The maximum absolute atomic E-state index is 13.3. The molecule has 9 heteroatoms. The predicted molar refractivity (Wildman–Crippen MR) is 157 cm³/mol. The first-order chi connectivity index (χ1) is 19.6. The molecule has 0 saturated carbocycles. The Morgan fingerprint density at radius 1 is 0.854 bits per heavy atom. The van der Waals surface area contributed by atoms with Crippen LogP contribution in [-0.4, -0.2) is 47.9 Å². The molecule has 0 spiro atoms. The third-order valence-electron chi connectivity index (χ3n) is 7.29. The summed E-state index contributed by atoms with van der Waals surface area (Å²) in [5.74, 6) is -3.27. The summed E-state index contributed by atoms with van der Waals surface area (Å²) in [5.41, 5.74) is 4.72. The van der Waals surface area contributed by atoms with E-state index in [1.165, 1.54) is 6.92 Å². The Balaban J connectivity index is 1.34. The zero-order chi connectivity index (χ0) is 29.6. The molecule has 216 valence electrons. The van der Waals surface area contributed by atoms with Gasteiger partial charge in [-0.2, -0.15) is 0 Å². The van der Waals surface area contributed by atoms with E-state index in [1.54, 1.807) is 30.3 Å². The number of Topliss-reactive ketones (excluding diaryl/α,β-unsaturated/α-hetero) is 1. The quantitative estimate of drug-likeness (QED) is 0.149. The molecule has 1 aliphatic carbocycles. The smallest absolute Gasteiger partial charge is 0.407 e. The van der Waals surface area contributed by atoms with E-state index in [4.69, 9.17) is 9.47 Å². The van der Waals surface area contributed by atoms with Gasteiger partial charge in [-0.15, -0.1) is 0 Å². The maximum atomic E-state index is 13.3. The van der Waals surface area contributed by atoms with Gasteiger partial charge in [0, 0.05) is 17.6 Å². The number of fused-ring (bicyclic) bond motifs is 3. The molecule has 1 aliphatic rings. The van der Waals surface area contributed by atoms with E-state index >= 15 is 0 Å². The number of benzene rings is 3. The number of carbonyl (C=O) groups excluding carboxylic acids is 3. The molecule has 8 nitrogen and oxygen atoms in total. The van der Waals surface area contributed by atoms with Crippen LogP contribution in [0.5, 0.6) is 0 Å². The number of hydrogen-bond acceptors (Lipinski definition) is 6. The minimum absolute atomic E-state index is 0.0303. The highest BCUT2D eigenvalue weighted by Gasteiger charge is 2.36. The predicted octanol–water partition coefficient (Wildman–Crippen LogP) is 6.23. The van der Waals surface area contributed by atoms with Gasteiger partial charge in [0.25, 0.3) is 0 Å². The second kappa shape index (κ2) is 13.3. The Morgan fingerprint density at radius 3 is 2.00 bits per heavy atom. The van der Waals surface area contributed by atoms with Crippen molar-refractivity contribution in [2.75, 3.05) is 19.4 Å². The summed E-state index contributed by atoms with van der Waals surface area (Å²) in [6, 6.07) is 24.4. The van der Waals surface area contributed by atoms with Crippen molar-refractivity contribution in [2.45, 2.75) is 38.9 Å². The van der Waals surface area contributed by atoms with Crippen LogP contribution in [0.25, 0.3) is 11.1 Å². The zero-order valence-electron chi connectivity index (χ0n) is 23.5. The van der Waals surface area contributed by atoms with E-state index in [0.717, 1.165) is 22.3 Å². The largest absolute Gasteiger partial charge is 0.457 e. The van der Waals surface area contributed by atoms with Crippen molar-refractivity contribution < 1.29 is 33.3 Å². The highest BCUT2D eigenvalue weighted by molar-refractivity contribution is 7.58. The minimum atomic E-state index is -4.06. The van der Waals surface area contributed by atoms with Crippen molar-refractivity contribution in [1.29, 1.82) is 0 Å². The molecule has 3 aromatic carbocycles. The highest BCUT2D eigenvalue weighted by atomic mass is 31.2. The number of hydrogen-bond donors (Lipinski definition) is 2. The molecule has 0 aromatic heterocycles. The number of amides is 1. The van der Waals surface area contributed by atoms with Gasteiger partial charge in [-0.25, -0.2) is 4.79 Å². The second-order valence-electron chi connectivity index (χ2n) is 10.8. The van der Waals surface area contributed by atoms with Gasteiger partial charge in [0.15, 0.2) is 12.4 Å². The van der Waals surface area contributed by atoms with Crippen molar-refractivity contribution >= 4 is 25.2 Å². The van der Waals surface area contributed by atoms with Crippen LogP contribution in [0.1, 0.15) is 54.6 Å². The van der Waals surface area contributed by atoms with Crippen LogP contribution in [0.15, 0.2) is 78.9 Å². The molecule has 3 unspecified atom stereocenters. The van der Waals surface area contributed by atoms with E-state index in [0.29, 0.717) is 12.0 Å². The fourth-order valence-electron chi connectivity index (χ4n) is 5.16. The van der Waals surface area contributed by atoms with E-state index in [1.807, 2.05) is 62.4 Å². The number of ether oxygens (including phenoxy) is 2. The summed E-state index contributed by atoms with van der Waals surface area (Å²) < 4.78 is 24.1. The first-order valence-corrected chi connectivity index (χ1v) is 15.7. The Bertz CT molecular complexity index is 1390. The van der Waals surface area contributed by atoms with Gasteiger partial charge >= 0.3 is 12.1 Å². The van der Waals surface area contributed by atoms with Gasteiger partial charge < -0.3 is 19.7 Å². The monoisotopic (exact) mass is 577 g/mol. The third kappa shape index (κ3) is 7.51. The summed E-state index contributed by atoms with van der Waals surface area (Å²) in [6.45, 7) is 4.80. The van der Waals surface area contributed by atoms with Crippen LogP contribution < -0.4 is 5.32 Å². The number of esters is 1. The van der Waals surface area contributed by atoms with Gasteiger partial charge in [-0.3, -0.25) is 14.2 Å². The summed E-state index contributed by atoms with van der Waals surface area (Å²) in [5, 5.41) is 2.48. The van der Waals surface area contributed by atoms with E-state index in [9.17, 15) is 23.8 Å². The molecular weight excluding hydrogens is 541 g/mol. The standard InChI is InChI=1S/C32H36NO7P/c1-21(2)17-24(31(35)39-19-30(34)23-11-5-4-6-12-23)20-41(37,38)22(3)33-32(36)40-18-29-27-15-9-7-13-25(27)26-14-8-10-16-28(26)29/h4-16,21-22,24,29H,17-20H2,1-3H3,(H,33,36)(H,37,38). The normalized spacial score (nSPS) is 15.2. The van der Waals surface area contributed by atoms with Crippen molar-refractivity contribution in [3.8, 4) is 11.1 Å². The van der Waals surface area contributed by atoms with Crippen molar-refractivity contribution in [1.82, 2.24) is 5.32 Å². The Kier molecular flexibility index (Phi) is 9.79. The molecule has 0 fully saturated rings. The van der Waals surface area contributed by atoms with Crippen molar-refractivity contribution in [2.24, 2.45) is 11.8 Å². The maximum Gasteiger partial charge on any atom is 0.407 e. The molecule has 3 aromatic rings. The molecular formula is C32H36NO7P. The molecule has 1 amide bonds. The van der Waals surface area contributed by atoms with Crippen LogP contribution in [0.3, 0.4) is 0 Å². The van der Waals surface area contributed by atoms with Crippen LogP contribution in [0.4, 0.5) is 4.79 Å². The lowest BCUT2D eigenvalue weighted by Crippen LogP contribution is -2.36. The van der Waals surface area contributed by atoms with Crippen molar-refractivity contribution in [3.63, 3.8) is 0 Å². The van der Waals surface area contributed by atoms with Gasteiger partial charge in [-0.05, 0) is 41.5 Å². The fraction of sp³-hybridized carbons (Fsp3) is 0.344. The summed E-state index contributed by atoms with van der Waals surface area (Å²) in [7, 11) is -4.06. The van der Waals surface area contributed by atoms with E-state index in [-0.39, 0.29) is 24.2 Å². The molecule has 4 rings (SSSR count). The lowest BCUT2D eigenvalue weighted by atomic mass is 9.98. The Labute approximate surface area is 240 Å². The molecule has 0 bridgehead atoms. The topological polar surface area (TPSA) is 119 Å². The number of carbonyl (C=O) groups is 3. The molecule has 3 atom stereocenters. The van der Waals surface area contributed by atoms with Gasteiger partial charge in [0.1, 0.15) is 12.4 Å². The Hall–Kier alpha value is -3.74. The molecule has 2 N–H and O–H groups in total. The van der Waals surface area contributed by atoms with Gasteiger partial charge in [0.2, 0.25) is 7.37 Å². The number of alkyl carbamates (subject to hydrolysis) is 1. The molecule has 41 heavy (non-hydrogen) atoms. The summed E-state index contributed by atoms with van der Waals surface area (Å²) >= 11 is 0. The first-order valence-electron chi connectivity index (χ1n) is 13.7. The Morgan fingerprint density at radius 2 is 1.41 bits per heavy atom. The summed E-state index contributed by atoms with van der Waals surface area (Å²) in [4.78, 5) is 48.8. The van der Waals surface area contributed by atoms with Crippen LogP contribution in [0.2, 0.25) is 0 Å². The van der Waals surface area contributed by atoms with Crippen LogP contribution in [0, 0.1) is 11.8 Å². The summed E-state index contributed by atoms with van der Waals surface area (Å²) in [6.07, 6.45) is -0.917. The lowest BCUT2D eigenvalue weighted by molar-refractivity contribution is -0.147. The number of nitrogens with one attached hydrogen (secondary N) is 1. The van der Waals surface area contributed by atoms with Gasteiger partial charge in [0.05, 0.1) is 5.92 Å². The van der Waals surface area contributed by atoms with E-state index in [2.05, 4.69) is 5.32 Å². The lowest BCUT2D eigenvalue weighted by Gasteiger charge is -2.25. The SMILES string of the molecule is CC(C)CC(CP(=O)(O)C(C)NC(=O)OCC1c2ccccc2-c2ccccc21)C(=O)OCC(=O)c1ccccc1. The second-order valence-corrected chi connectivity index (χ2v) is 13.5. The number of ketones is 1. The average Bonchev–Trinajstić information content (AvgIpc) is 3.28. The van der Waals surface area contributed by atoms with Gasteiger partial charge in [-0.1, -0.05) is 92.7 Å². The van der Waals surface area contributed by atoms with Crippen molar-refractivity contribution in [3.05, 3.63) is 95.6 Å². The molecule has 0 saturated heterocycles. The van der Waals surface area contributed by atoms with Crippen LogP contribution in [-0.2, 0) is 18.8 Å². The van der Waals surface area contributed by atoms with Crippen LogP contribution >= 0.6 is 7.37 Å². The first kappa shape index (κ1) is 30.2. The molecule has 0 heterocycles. The fourth-order valence-corrected chi connectivity index (χ4v) is 6.71.